The molecule has 0 unspecified atom stereocenters. The predicted molar refractivity (Wildman–Crippen MR) is 76.0 cm³/mol. The Hall–Kier alpha value is -1.78. The van der Waals surface area contributed by atoms with E-state index >= 15 is 0 Å². The fraction of sp³-hybridized carbons (Fsp3) is 0.143. The Morgan fingerprint density at radius 1 is 0.889 bits per heavy atom. The first-order chi connectivity index (χ1) is 8.59. The monoisotopic (exact) mass is 241 g/mol. The van der Waals surface area contributed by atoms with Gasteiger partial charge in [-0.05, 0) is 28.7 Å². The highest BCUT2D eigenvalue weighted by atomic mass is 16.4. The van der Waals surface area contributed by atoms with Crippen LogP contribution < -0.4 is 10.4 Å². The van der Waals surface area contributed by atoms with Crippen LogP contribution in [0.4, 0.5) is 5.69 Å². The van der Waals surface area contributed by atoms with Crippen LogP contribution in [0.15, 0.2) is 48.5 Å². The third-order valence-electron chi connectivity index (χ3n) is 2.93. The minimum absolute atomic E-state index is 0.523. The van der Waals surface area contributed by atoms with Gasteiger partial charge in [0.05, 0.1) is 0 Å². The predicted octanol–water partition coefficient (Wildman–Crippen LogP) is 1.10. The SMILES string of the molecule is CN(C)c1ccc(-c2ccccc2B(O)O)cc1. The third-order valence-corrected chi connectivity index (χ3v) is 2.93. The fourth-order valence-corrected chi connectivity index (χ4v) is 1.92. The van der Waals surface area contributed by atoms with Gasteiger partial charge >= 0.3 is 7.12 Å². The van der Waals surface area contributed by atoms with E-state index in [1.807, 2.05) is 55.4 Å². The van der Waals surface area contributed by atoms with E-state index in [1.54, 1.807) is 12.1 Å². The minimum Gasteiger partial charge on any atom is -0.423 e. The van der Waals surface area contributed by atoms with Crippen molar-refractivity contribution >= 4 is 18.3 Å². The zero-order valence-corrected chi connectivity index (χ0v) is 10.5. The number of nitrogens with zero attached hydrogens (tertiary/aromatic N) is 1. The van der Waals surface area contributed by atoms with Gasteiger partial charge < -0.3 is 14.9 Å². The molecule has 92 valence electrons. The Morgan fingerprint density at radius 2 is 1.50 bits per heavy atom. The van der Waals surface area contributed by atoms with Crippen LogP contribution in [-0.4, -0.2) is 31.3 Å². The van der Waals surface area contributed by atoms with Crippen molar-refractivity contribution < 1.29 is 10.0 Å². The van der Waals surface area contributed by atoms with Gasteiger partial charge in [-0.2, -0.15) is 0 Å². The maximum atomic E-state index is 9.36. The van der Waals surface area contributed by atoms with Crippen LogP contribution in [0.25, 0.3) is 11.1 Å². The van der Waals surface area contributed by atoms with E-state index in [9.17, 15) is 10.0 Å². The molecule has 0 saturated carbocycles. The van der Waals surface area contributed by atoms with Gasteiger partial charge in [0.1, 0.15) is 0 Å². The van der Waals surface area contributed by atoms with Crippen LogP contribution in [-0.2, 0) is 0 Å². The topological polar surface area (TPSA) is 43.7 Å². The normalized spacial score (nSPS) is 10.2. The molecule has 2 aromatic carbocycles. The van der Waals surface area contributed by atoms with Crippen LogP contribution in [0.5, 0.6) is 0 Å². The molecule has 0 fully saturated rings. The number of benzene rings is 2. The van der Waals surface area contributed by atoms with Gasteiger partial charge in [0, 0.05) is 19.8 Å². The zero-order chi connectivity index (χ0) is 13.1. The quantitative estimate of drug-likeness (QED) is 0.791. The summed E-state index contributed by atoms with van der Waals surface area (Å²) in [4.78, 5) is 2.02. The van der Waals surface area contributed by atoms with Crippen molar-refractivity contribution in [3.05, 3.63) is 48.5 Å². The van der Waals surface area contributed by atoms with E-state index in [1.165, 1.54) is 0 Å². The highest BCUT2D eigenvalue weighted by molar-refractivity contribution is 6.60. The van der Waals surface area contributed by atoms with Gasteiger partial charge in [-0.15, -0.1) is 0 Å². The van der Waals surface area contributed by atoms with Crippen molar-refractivity contribution in [2.24, 2.45) is 0 Å². The van der Waals surface area contributed by atoms with Crippen molar-refractivity contribution in [3.8, 4) is 11.1 Å². The molecule has 0 aliphatic rings. The zero-order valence-electron chi connectivity index (χ0n) is 10.5. The average Bonchev–Trinajstić information content (AvgIpc) is 2.39. The maximum Gasteiger partial charge on any atom is 0.489 e. The second kappa shape index (κ2) is 5.25. The summed E-state index contributed by atoms with van der Waals surface area (Å²) in [6.45, 7) is 0. The molecule has 4 heteroatoms. The molecule has 0 atom stereocenters. The highest BCUT2D eigenvalue weighted by Crippen LogP contribution is 2.21. The number of rotatable bonds is 3. The second-order valence-electron chi connectivity index (χ2n) is 4.40. The molecule has 0 saturated heterocycles. The Balaban J connectivity index is 2.43. The van der Waals surface area contributed by atoms with Gasteiger partial charge in [-0.1, -0.05) is 36.4 Å². The first-order valence-electron chi connectivity index (χ1n) is 5.82. The van der Waals surface area contributed by atoms with Gasteiger partial charge in [0.15, 0.2) is 0 Å². The minimum atomic E-state index is -1.45. The van der Waals surface area contributed by atoms with Crippen LogP contribution in [0, 0.1) is 0 Å². The summed E-state index contributed by atoms with van der Waals surface area (Å²) in [6.07, 6.45) is 0. The summed E-state index contributed by atoms with van der Waals surface area (Å²) < 4.78 is 0. The van der Waals surface area contributed by atoms with Gasteiger partial charge in [-0.3, -0.25) is 0 Å². The molecule has 0 spiro atoms. The van der Waals surface area contributed by atoms with Gasteiger partial charge in [-0.25, -0.2) is 0 Å². The number of hydrogen-bond donors (Lipinski definition) is 2. The highest BCUT2D eigenvalue weighted by Gasteiger charge is 2.15. The van der Waals surface area contributed by atoms with Crippen LogP contribution in [0.3, 0.4) is 0 Å². The van der Waals surface area contributed by atoms with Crippen LogP contribution >= 0.6 is 0 Å². The first kappa shape index (κ1) is 12.7. The Labute approximate surface area is 107 Å². The Morgan fingerprint density at radius 3 is 2.06 bits per heavy atom. The average molecular weight is 241 g/mol. The lowest BCUT2D eigenvalue weighted by molar-refractivity contribution is 0.426. The molecular weight excluding hydrogens is 225 g/mol. The van der Waals surface area contributed by atoms with E-state index in [2.05, 4.69) is 0 Å². The van der Waals surface area contributed by atoms with E-state index < -0.39 is 7.12 Å². The number of anilines is 1. The van der Waals surface area contributed by atoms with Crippen LogP contribution in [0.2, 0.25) is 0 Å². The van der Waals surface area contributed by atoms with Gasteiger partial charge in [0.25, 0.3) is 0 Å². The summed E-state index contributed by atoms with van der Waals surface area (Å²) in [7, 11) is 2.52. The van der Waals surface area contributed by atoms with Crippen molar-refractivity contribution in [1.82, 2.24) is 0 Å². The summed E-state index contributed by atoms with van der Waals surface area (Å²) in [5.74, 6) is 0. The largest absolute Gasteiger partial charge is 0.489 e. The number of hydrogen-bond acceptors (Lipinski definition) is 3. The molecule has 2 aromatic rings. The molecule has 0 aliphatic heterocycles. The van der Waals surface area contributed by atoms with Crippen molar-refractivity contribution in [2.45, 2.75) is 0 Å². The van der Waals surface area contributed by atoms with E-state index in [0.29, 0.717) is 5.46 Å². The fourth-order valence-electron chi connectivity index (χ4n) is 1.92. The van der Waals surface area contributed by atoms with Crippen molar-refractivity contribution in [1.29, 1.82) is 0 Å². The van der Waals surface area contributed by atoms with E-state index in [4.69, 9.17) is 0 Å². The second-order valence-corrected chi connectivity index (χ2v) is 4.40. The standard InChI is InChI=1S/C14H16BNO2/c1-16(2)12-9-7-11(8-10-12)13-5-3-4-6-14(13)15(17)18/h3-10,17-18H,1-2H3. The van der Waals surface area contributed by atoms with Gasteiger partial charge in [0.2, 0.25) is 0 Å². The van der Waals surface area contributed by atoms with Crippen LogP contribution in [0.1, 0.15) is 0 Å². The van der Waals surface area contributed by atoms with Crippen molar-refractivity contribution in [2.75, 3.05) is 19.0 Å². The summed E-state index contributed by atoms with van der Waals surface area (Å²) >= 11 is 0. The summed E-state index contributed by atoms with van der Waals surface area (Å²) in [5.41, 5.74) is 3.46. The third kappa shape index (κ3) is 2.55. The van der Waals surface area contributed by atoms with E-state index in [-0.39, 0.29) is 0 Å². The van der Waals surface area contributed by atoms with E-state index in [0.717, 1.165) is 16.8 Å². The lowest BCUT2D eigenvalue weighted by Gasteiger charge is -2.14. The molecule has 2 rings (SSSR count). The maximum absolute atomic E-state index is 9.36. The molecule has 0 amide bonds. The summed E-state index contributed by atoms with van der Waals surface area (Å²) in [5, 5.41) is 18.7. The molecule has 0 radical (unpaired) electrons. The molecule has 3 nitrogen and oxygen atoms in total. The Bertz CT molecular complexity index is 524. The van der Waals surface area contributed by atoms with Crippen molar-refractivity contribution in [3.63, 3.8) is 0 Å². The molecule has 0 heterocycles. The smallest absolute Gasteiger partial charge is 0.423 e. The molecule has 0 aliphatic carbocycles. The lowest BCUT2D eigenvalue weighted by Crippen LogP contribution is -2.31. The first-order valence-corrected chi connectivity index (χ1v) is 5.82. The molecular formula is C14H16BNO2. The lowest BCUT2D eigenvalue weighted by atomic mass is 9.75. The molecule has 0 aromatic heterocycles. The summed E-state index contributed by atoms with van der Waals surface area (Å²) in [6, 6.07) is 15.3. The Kier molecular flexibility index (Phi) is 3.70. The molecule has 0 bridgehead atoms. The molecule has 2 N–H and O–H groups in total. The molecule has 18 heavy (non-hydrogen) atoms.